The predicted octanol–water partition coefficient (Wildman–Crippen LogP) is -0.791. The van der Waals surface area contributed by atoms with Gasteiger partial charge in [-0.15, -0.1) is 0 Å². The van der Waals surface area contributed by atoms with E-state index in [0.29, 0.717) is 5.56 Å². The summed E-state index contributed by atoms with van der Waals surface area (Å²) in [5.41, 5.74) is 0.667. The molecule has 14 heavy (non-hydrogen) atoms. The number of hydrogen-bond acceptors (Lipinski definition) is 1. The van der Waals surface area contributed by atoms with Crippen LogP contribution in [0.2, 0.25) is 0 Å². The summed E-state index contributed by atoms with van der Waals surface area (Å²) in [4.78, 5) is 17.2. The summed E-state index contributed by atoms with van der Waals surface area (Å²) in [7, 11) is -3.89. The van der Waals surface area contributed by atoms with Crippen molar-refractivity contribution >= 4 is 7.60 Å². The molecule has 0 fully saturated rings. The van der Waals surface area contributed by atoms with Crippen LogP contribution in [-0.2, 0) is 10.7 Å². The van der Waals surface area contributed by atoms with Crippen LogP contribution in [0.5, 0.6) is 0 Å². The Hall–Kier alpha value is 1.01. The van der Waals surface area contributed by atoms with E-state index in [-0.39, 0.29) is 57.5 Å². The van der Waals surface area contributed by atoms with Gasteiger partial charge in [0.05, 0.1) is 6.16 Å². The maximum Gasteiger partial charge on any atom is 1.00 e. The monoisotopic (exact) mass is 240 g/mol. The molecule has 0 saturated carbocycles. The summed E-state index contributed by atoms with van der Waals surface area (Å²) < 4.78 is 10.5. The zero-order valence-electron chi connectivity index (χ0n) is 8.55. The minimum Gasteiger partial charge on any atom is -0.346 e. The molecule has 1 aromatic rings. The van der Waals surface area contributed by atoms with Gasteiger partial charge in [0.1, 0.15) is 0 Å². The van der Waals surface area contributed by atoms with Crippen LogP contribution in [0.15, 0.2) is 30.3 Å². The van der Waals surface area contributed by atoms with E-state index >= 15 is 0 Å². The van der Waals surface area contributed by atoms with E-state index in [0.717, 1.165) is 0 Å². The topological polar surface area (TPSA) is 57.5 Å². The number of rotatable bonds is 2. The van der Waals surface area contributed by atoms with Gasteiger partial charge in [0, 0.05) is 0 Å². The Kier molecular flexibility index (Phi) is 11.5. The molecule has 0 aliphatic rings. The van der Waals surface area contributed by atoms with Gasteiger partial charge in [0.25, 0.3) is 0 Å². The summed E-state index contributed by atoms with van der Waals surface area (Å²) in [6.45, 7) is 5.00. The van der Waals surface area contributed by atoms with E-state index < -0.39 is 7.60 Å². The summed E-state index contributed by atoms with van der Waals surface area (Å²) >= 11 is 0. The molecule has 0 unspecified atom stereocenters. The van der Waals surface area contributed by atoms with Crippen LogP contribution in [0.3, 0.4) is 0 Å². The fourth-order valence-electron chi connectivity index (χ4n) is 0.821. The normalized spacial score (nSPS) is 9.43. The Morgan fingerprint density at radius 2 is 1.64 bits per heavy atom. The molecule has 0 aliphatic carbocycles. The zero-order chi connectivity index (χ0) is 10.3. The van der Waals surface area contributed by atoms with Crippen molar-refractivity contribution in [3.8, 4) is 0 Å². The van der Waals surface area contributed by atoms with Crippen LogP contribution >= 0.6 is 7.60 Å². The number of benzene rings is 1. The zero-order valence-corrected chi connectivity index (χ0v) is 12.6. The Labute approximate surface area is 128 Å². The fourth-order valence-corrected chi connectivity index (χ4v) is 1.51. The minimum atomic E-state index is -3.89. The Balaban J connectivity index is 0. The van der Waals surface area contributed by atoms with E-state index in [2.05, 4.69) is 6.92 Å². The van der Waals surface area contributed by atoms with Crippen LogP contribution in [0.25, 0.3) is 0 Å². The van der Waals surface area contributed by atoms with E-state index in [1.807, 2.05) is 6.07 Å². The van der Waals surface area contributed by atoms with Gasteiger partial charge >= 0.3 is 59.0 Å². The molecule has 1 rings (SSSR count). The van der Waals surface area contributed by atoms with E-state index in [1.54, 1.807) is 31.2 Å². The molecule has 0 aromatic heterocycles. The van der Waals surface area contributed by atoms with Gasteiger partial charge < -0.3 is 16.7 Å². The summed E-state index contributed by atoms with van der Waals surface area (Å²) in [6.07, 6.45) is -0.173. The maximum absolute atomic E-state index is 10.5. The third kappa shape index (κ3) is 9.56. The van der Waals surface area contributed by atoms with E-state index in [4.69, 9.17) is 9.79 Å². The average Bonchev–Trinajstić information content (AvgIpc) is 2.07. The first-order chi connectivity index (χ1) is 6.08. The Morgan fingerprint density at radius 3 is 2.00 bits per heavy atom. The Morgan fingerprint density at radius 1 is 1.21 bits per heavy atom. The average molecular weight is 240 g/mol. The van der Waals surface area contributed by atoms with Crippen molar-refractivity contribution in [1.29, 1.82) is 0 Å². The minimum absolute atomic E-state index is 0. The summed E-state index contributed by atoms with van der Waals surface area (Å²) in [5, 5.41) is 0. The van der Waals surface area contributed by atoms with Gasteiger partial charge in [-0.05, 0) is 5.56 Å². The molecule has 2 N–H and O–H groups in total. The molecular weight excluding hydrogens is 226 g/mol. The first-order valence-corrected chi connectivity index (χ1v) is 5.67. The first-order valence-electron chi connectivity index (χ1n) is 3.87. The second kappa shape index (κ2) is 9.25. The van der Waals surface area contributed by atoms with Crippen molar-refractivity contribution in [1.82, 2.24) is 0 Å². The number of hydrogen-bond donors (Lipinski definition) is 2. The maximum atomic E-state index is 10.5. The van der Waals surface area contributed by atoms with Crippen LogP contribution in [0.4, 0.5) is 0 Å². The van der Waals surface area contributed by atoms with Gasteiger partial charge in [0.15, 0.2) is 0 Å². The second-order valence-electron chi connectivity index (χ2n) is 2.31. The smallest absolute Gasteiger partial charge is 0.346 e. The van der Waals surface area contributed by atoms with Gasteiger partial charge in [-0.2, -0.15) is 6.92 Å². The third-order valence-electron chi connectivity index (χ3n) is 1.23. The molecule has 1 aromatic carbocycles. The van der Waals surface area contributed by atoms with Gasteiger partial charge in [-0.1, -0.05) is 30.3 Å². The SMILES string of the molecule is O=P(O)(O)Cc1ccccc1.[CH2-]C.[K+]. The van der Waals surface area contributed by atoms with Crippen molar-refractivity contribution in [2.45, 2.75) is 13.1 Å². The van der Waals surface area contributed by atoms with Gasteiger partial charge in [-0.25, -0.2) is 0 Å². The van der Waals surface area contributed by atoms with Crippen molar-refractivity contribution in [3.63, 3.8) is 0 Å². The standard InChI is InChI=1S/C7H9O3P.C2H5.K/c8-11(9,10)6-7-4-2-1-3-5-7;1-2;/h1-5H,6H2,(H2,8,9,10);1H2,2H3;/q;-1;+1. The molecule has 0 heterocycles. The molecule has 0 bridgehead atoms. The van der Waals surface area contributed by atoms with Crippen molar-refractivity contribution in [2.75, 3.05) is 0 Å². The molecule has 3 nitrogen and oxygen atoms in total. The van der Waals surface area contributed by atoms with Crippen LogP contribution in [0.1, 0.15) is 12.5 Å². The van der Waals surface area contributed by atoms with Gasteiger partial charge in [-0.3, -0.25) is 4.57 Å². The van der Waals surface area contributed by atoms with Crippen LogP contribution < -0.4 is 51.4 Å². The molecule has 5 heteroatoms. The molecule has 0 spiro atoms. The molecule has 74 valence electrons. The predicted molar refractivity (Wildman–Crippen MR) is 53.2 cm³/mol. The van der Waals surface area contributed by atoms with Crippen molar-refractivity contribution < 1.29 is 65.7 Å². The summed E-state index contributed by atoms with van der Waals surface area (Å²) in [5.74, 6) is 0. The molecular formula is C9H14KO3P. The molecule has 0 saturated heterocycles. The Bertz CT molecular complexity index is 271. The largest absolute Gasteiger partial charge is 1.00 e. The first kappa shape index (κ1) is 17.4. The summed E-state index contributed by atoms with van der Waals surface area (Å²) in [6, 6.07) is 8.71. The van der Waals surface area contributed by atoms with Crippen LogP contribution in [-0.4, -0.2) is 9.79 Å². The van der Waals surface area contributed by atoms with Crippen molar-refractivity contribution in [3.05, 3.63) is 42.8 Å². The molecule has 0 radical (unpaired) electrons. The van der Waals surface area contributed by atoms with E-state index in [1.165, 1.54) is 0 Å². The van der Waals surface area contributed by atoms with Crippen molar-refractivity contribution in [2.24, 2.45) is 0 Å². The third-order valence-corrected chi connectivity index (χ3v) is 2.01. The molecule has 0 atom stereocenters. The quantitative estimate of drug-likeness (QED) is 0.404. The van der Waals surface area contributed by atoms with Crippen LogP contribution in [0, 0.1) is 6.92 Å². The molecule has 0 aliphatic heterocycles. The van der Waals surface area contributed by atoms with Gasteiger partial charge in [0.2, 0.25) is 0 Å². The van der Waals surface area contributed by atoms with E-state index in [9.17, 15) is 4.57 Å². The second-order valence-corrected chi connectivity index (χ2v) is 3.95. The fraction of sp³-hybridized carbons (Fsp3) is 0.222. The molecule has 0 amide bonds.